The first-order chi connectivity index (χ1) is 68.0. The van der Waals surface area contributed by atoms with Crippen LogP contribution in [-0.4, -0.2) is 264 Å². The van der Waals surface area contributed by atoms with Gasteiger partial charge in [-0.2, -0.15) is 20.4 Å². The quantitative estimate of drug-likeness (QED) is 0.0257. The summed E-state index contributed by atoms with van der Waals surface area (Å²) >= 11 is 0. The predicted molar refractivity (Wildman–Crippen MR) is 529 cm³/mol. The molecule has 0 atom stereocenters. The number of aliphatic hydroxyl groups is 1. The number of aliphatic hydroxyl groups excluding tert-OH is 1. The number of H-pyrrole nitrogens is 4. The molecule has 0 spiro atoms. The second-order valence-corrected chi connectivity index (χ2v) is 43.6. The predicted octanol–water partition coefficient (Wildman–Crippen LogP) is 12.3. The van der Waals surface area contributed by atoms with Crippen LogP contribution in [-0.2, 0) is 70.3 Å². The Labute approximate surface area is 814 Å². The van der Waals surface area contributed by atoms with Crippen LogP contribution in [0.15, 0.2) is 240 Å². The molecule has 4 aliphatic heterocycles. The standard InChI is InChI=1S/C26H26F2N6O3S.C25H26N6O4S.C24H24N6O4S.C23H22N6O3S/c1-16(2)38(36,37)23-6-4-20(13-30-23)31-25(35)24-21-10-18(3-5-22(21)32-33-24)19-9-17(11-29-12-19)14-34-8-7-26(27,28)15-34;1-36(34,35)23-5-3-19(14-27-23)28-25(33)24-21-11-17(2-4-22(21)29-30-24)18-10-16(12-26-13-18)15-31-8-6-20(32)7-9-31;1-35(32,33)22-5-3-19(14-26-22)27-24(31)23-20-11-17(2-4-21(20)28-29-23)18-10-16(12-25-13-18)15-30-6-8-34-9-7-30;1-33(31,32)21-6-4-18(13-25-21)26-23(30)22-19-10-16(3-5-20(19)27-28-22)17-9-15(11-24-12-17)14-29-7-2-8-29/h3-6,9-13,16H,7-8,14-15H2,1-2H3,(H,31,35)(H,32,33);2-5,10-14,20,32H,6-9,15H2,1H3,(H,28,33)(H,29,30);2-5,10-14H,6-9,15H2,1H3,(H,27,31)(H,28,29);3-6,9-13H,2,7-8,14H2,1H3,(H,26,30)(H,27,28). The zero-order valence-electron chi connectivity index (χ0n) is 77.5. The highest BCUT2D eigenvalue weighted by molar-refractivity contribution is 7.92. The fraction of sp³-hybridized carbons (Fsp3) is 0.265. The molecule has 0 aliphatic carbocycles. The van der Waals surface area contributed by atoms with Gasteiger partial charge in [-0.25, -0.2) is 62.4 Å². The number of ether oxygens (including phenoxy) is 1. The van der Waals surface area contributed by atoms with E-state index in [4.69, 9.17) is 4.74 Å². The van der Waals surface area contributed by atoms with Crippen molar-refractivity contribution in [1.29, 1.82) is 0 Å². The molecule has 16 aromatic rings. The van der Waals surface area contributed by atoms with Gasteiger partial charge in [0.05, 0.1) is 101 Å². The topological polar surface area (TPSA) is 513 Å². The molecule has 4 fully saturated rings. The summed E-state index contributed by atoms with van der Waals surface area (Å²) < 4.78 is 127. The van der Waals surface area contributed by atoms with Crippen LogP contribution < -0.4 is 21.3 Å². The summed E-state index contributed by atoms with van der Waals surface area (Å²) in [6, 6.07) is 42.3. The van der Waals surface area contributed by atoms with Gasteiger partial charge in [0.2, 0.25) is 0 Å². The summed E-state index contributed by atoms with van der Waals surface area (Å²) in [6.07, 6.45) is 25.3. The number of anilines is 4. The van der Waals surface area contributed by atoms with Crippen molar-refractivity contribution in [2.24, 2.45) is 0 Å². The number of pyridine rings is 8. The molecule has 38 nitrogen and oxygen atoms in total. The largest absolute Gasteiger partial charge is 0.393 e. The van der Waals surface area contributed by atoms with Crippen molar-refractivity contribution >= 4 is 129 Å². The van der Waals surface area contributed by atoms with Gasteiger partial charge in [-0.3, -0.25) is 79.1 Å². The molecule has 20 rings (SSSR count). The molecule has 44 heteroatoms. The number of amides is 4. The number of sulfone groups is 4. The number of hydrogen-bond acceptors (Lipinski definition) is 30. The zero-order chi connectivity index (χ0) is 99.8. The lowest BCUT2D eigenvalue weighted by molar-refractivity contribution is 0.0114. The minimum atomic E-state index is -3.52. The summed E-state index contributed by atoms with van der Waals surface area (Å²) in [5.41, 5.74) is 16.5. The lowest BCUT2D eigenvalue weighted by atomic mass is 10.0. The maximum atomic E-state index is 13.6. The smallest absolute Gasteiger partial charge is 0.276 e. The van der Waals surface area contributed by atoms with E-state index in [0.29, 0.717) is 68.4 Å². The van der Waals surface area contributed by atoms with Gasteiger partial charge >= 0.3 is 0 Å². The van der Waals surface area contributed by atoms with E-state index >= 15 is 0 Å². The molecule has 9 N–H and O–H groups in total. The number of likely N-dealkylation sites (tertiary alicyclic amines) is 3. The van der Waals surface area contributed by atoms with E-state index in [-0.39, 0.29) is 61.9 Å². The number of carbonyl (C=O) groups excluding carboxylic acids is 4. The third kappa shape index (κ3) is 24.3. The highest BCUT2D eigenvalue weighted by Crippen LogP contribution is 2.35. The number of aromatic nitrogens is 16. The number of benzene rings is 4. The third-order valence-corrected chi connectivity index (χ3v) is 29.2. The molecule has 142 heavy (non-hydrogen) atoms. The van der Waals surface area contributed by atoms with Gasteiger partial charge in [0.15, 0.2) is 82.2 Å². The van der Waals surface area contributed by atoms with Crippen LogP contribution in [0.2, 0.25) is 0 Å². The van der Waals surface area contributed by atoms with Gasteiger partial charge in [0.1, 0.15) is 0 Å². The van der Waals surface area contributed by atoms with Crippen molar-refractivity contribution in [2.45, 2.75) is 103 Å². The number of rotatable bonds is 25. The first-order valence-electron chi connectivity index (χ1n) is 45.2. The highest BCUT2D eigenvalue weighted by atomic mass is 32.2. The number of carbonyl (C=O) groups is 4. The van der Waals surface area contributed by atoms with Crippen LogP contribution in [0.3, 0.4) is 0 Å². The molecule has 0 unspecified atom stereocenters. The molecular formula is C98H98F2N24O14S4. The monoisotopic (exact) mass is 2000 g/mol. The van der Waals surface area contributed by atoms with Crippen LogP contribution in [0.4, 0.5) is 31.5 Å². The van der Waals surface area contributed by atoms with Gasteiger partial charge in [0.25, 0.3) is 29.6 Å². The van der Waals surface area contributed by atoms with Crippen LogP contribution in [0, 0.1) is 0 Å². The second kappa shape index (κ2) is 42.4. The van der Waals surface area contributed by atoms with Crippen molar-refractivity contribution in [3.63, 3.8) is 0 Å². The Balaban J connectivity index is 0.000000130. The number of aromatic amines is 4. The maximum absolute atomic E-state index is 13.6. The lowest BCUT2D eigenvalue weighted by Crippen LogP contribution is -2.36. The average molecular weight is 2000 g/mol. The van der Waals surface area contributed by atoms with E-state index < -0.39 is 74.2 Å². The molecule has 0 radical (unpaired) electrons. The van der Waals surface area contributed by atoms with Gasteiger partial charge < -0.3 is 31.1 Å². The molecule has 12 aromatic heterocycles. The Morgan fingerprint density at radius 3 is 0.944 bits per heavy atom. The SMILES string of the molecule is CC(C)S(=O)(=O)c1ccc(NC(=O)c2n[nH]c3ccc(-c4cncc(CN5CCC(F)(F)C5)c4)cc23)cn1.CS(=O)(=O)c1ccc(NC(=O)c2n[nH]c3ccc(-c4cncc(CN5CCC(O)CC5)c4)cc23)cn1.CS(=O)(=O)c1ccc(NC(=O)c2n[nH]c3ccc(-c4cncc(CN5CCC5)c4)cc23)cn1.CS(=O)(=O)c1ccc(NC(=O)c2n[nH]c3ccc(-c4cncc(CN5CCOCC5)c4)cc23)cn1. The van der Waals surface area contributed by atoms with E-state index in [9.17, 15) is 66.7 Å². The number of alkyl halides is 2. The number of piperidine rings is 1. The zero-order valence-corrected chi connectivity index (χ0v) is 80.7. The van der Waals surface area contributed by atoms with E-state index in [1.807, 2.05) is 97.6 Å². The Kier molecular flexibility index (Phi) is 29.5. The molecule has 4 aliphatic rings. The Hall–Kier alpha value is -14.7. The number of hydrogen-bond donors (Lipinski definition) is 9. The number of nitrogens with one attached hydrogen (secondary N) is 8. The van der Waals surface area contributed by atoms with E-state index in [1.165, 1.54) is 79.7 Å². The van der Waals surface area contributed by atoms with Gasteiger partial charge in [-0.05, 0) is 212 Å². The minimum Gasteiger partial charge on any atom is -0.393 e. The molecule has 16 heterocycles. The fourth-order valence-corrected chi connectivity index (χ4v) is 19.0. The highest BCUT2D eigenvalue weighted by Gasteiger charge is 2.38. The molecule has 4 amide bonds. The van der Waals surface area contributed by atoms with E-state index in [1.54, 1.807) is 49.6 Å². The molecule has 4 saturated heterocycles. The van der Waals surface area contributed by atoms with Crippen LogP contribution in [0.25, 0.3) is 88.1 Å². The lowest BCUT2D eigenvalue weighted by Gasteiger charge is -2.30. The second-order valence-electron chi connectivity index (χ2n) is 35.3. The van der Waals surface area contributed by atoms with Crippen molar-refractivity contribution < 1.29 is 71.5 Å². The Bertz CT molecular complexity index is 7880. The summed E-state index contributed by atoms with van der Waals surface area (Å²) in [6.45, 7) is 13.3. The van der Waals surface area contributed by atoms with Gasteiger partial charge in [-0.1, -0.05) is 24.3 Å². The first kappa shape index (κ1) is 98.8. The normalized spacial score (nSPS) is 15.0. The summed E-state index contributed by atoms with van der Waals surface area (Å²) in [5.74, 6) is -4.43. The van der Waals surface area contributed by atoms with Crippen molar-refractivity contribution in [3.8, 4) is 44.5 Å². The molecular weight excluding hydrogens is 1900 g/mol. The number of morpholine rings is 1. The van der Waals surface area contributed by atoms with Crippen LogP contribution >= 0.6 is 0 Å². The molecule has 4 aromatic carbocycles. The first-order valence-corrected chi connectivity index (χ1v) is 52.4. The number of nitrogens with zero attached hydrogens (tertiary/aromatic N) is 16. The number of fused-ring (bicyclic) bond motifs is 4. The summed E-state index contributed by atoms with van der Waals surface area (Å²) in [4.78, 5) is 93.7. The van der Waals surface area contributed by atoms with Crippen LogP contribution in [0.5, 0.6) is 0 Å². The minimum absolute atomic E-state index is 0.0553. The van der Waals surface area contributed by atoms with Gasteiger partial charge in [-0.15, -0.1) is 0 Å². The molecule has 0 saturated carbocycles. The van der Waals surface area contributed by atoms with E-state index in [0.717, 1.165) is 182 Å². The molecule has 732 valence electrons. The van der Waals surface area contributed by atoms with Gasteiger partial charge in [0, 0.05) is 177 Å². The summed E-state index contributed by atoms with van der Waals surface area (Å²) in [5, 5.41) is 50.6. The fourth-order valence-electron chi connectivity index (χ4n) is 16.4. The van der Waals surface area contributed by atoms with Crippen molar-refractivity contribution in [1.82, 2.24) is 100 Å². The Morgan fingerprint density at radius 1 is 0.380 bits per heavy atom. The summed E-state index contributed by atoms with van der Waals surface area (Å²) in [7, 11) is -13.8. The van der Waals surface area contributed by atoms with E-state index in [2.05, 4.69) is 135 Å². The average Bonchev–Trinajstić information content (AvgIpc) is 1.69. The Morgan fingerprint density at radius 2 is 0.676 bits per heavy atom. The van der Waals surface area contributed by atoms with Crippen molar-refractivity contribution in [3.05, 3.63) is 265 Å². The number of halogens is 2. The molecule has 0 bridgehead atoms. The maximum Gasteiger partial charge on any atom is 0.276 e. The van der Waals surface area contributed by atoms with Crippen LogP contribution in [0.1, 0.15) is 104 Å². The van der Waals surface area contributed by atoms with Crippen molar-refractivity contribution in [2.75, 3.05) is 106 Å². The third-order valence-electron chi connectivity index (χ3n) is 24.1.